The fraction of sp³-hybridized carbons (Fsp3) is 0.462. The molecule has 0 unspecified atom stereocenters. The van der Waals surface area contributed by atoms with Gasteiger partial charge in [-0.3, -0.25) is 0 Å². The van der Waals surface area contributed by atoms with Crippen molar-refractivity contribution in [3.63, 3.8) is 0 Å². The third-order valence-electron chi connectivity index (χ3n) is 3.22. The van der Waals surface area contributed by atoms with Crippen LogP contribution in [-0.4, -0.2) is 4.98 Å². The maximum absolute atomic E-state index is 4.80. The van der Waals surface area contributed by atoms with E-state index in [1.165, 1.54) is 60.0 Å². The van der Waals surface area contributed by atoms with Crippen molar-refractivity contribution in [2.45, 2.75) is 38.5 Å². The third kappa shape index (κ3) is 1.78. The molecule has 0 spiro atoms. The van der Waals surface area contributed by atoms with E-state index in [0.29, 0.717) is 0 Å². The summed E-state index contributed by atoms with van der Waals surface area (Å²) in [7, 11) is 0. The van der Waals surface area contributed by atoms with Gasteiger partial charge in [0.25, 0.3) is 0 Å². The average Bonchev–Trinajstić information content (AvgIpc) is 2.64. The van der Waals surface area contributed by atoms with Crippen molar-refractivity contribution in [3.8, 4) is 0 Å². The first kappa shape index (κ1) is 9.34. The first-order valence-electron chi connectivity index (χ1n) is 5.79. The Bertz CT molecular complexity index is 430. The third-order valence-corrected chi connectivity index (χ3v) is 4.04. The normalized spacial score (nSPS) is 17.1. The van der Waals surface area contributed by atoms with Crippen molar-refractivity contribution in [3.05, 3.63) is 28.8 Å². The van der Waals surface area contributed by atoms with E-state index in [4.69, 9.17) is 4.98 Å². The molecule has 3 rings (SSSR count). The van der Waals surface area contributed by atoms with Gasteiger partial charge >= 0.3 is 0 Å². The summed E-state index contributed by atoms with van der Waals surface area (Å²) in [4.78, 5) is 6.01. The van der Waals surface area contributed by atoms with Crippen LogP contribution in [0.3, 0.4) is 0 Å². The highest BCUT2D eigenvalue weighted by atomic mass is 32.1. The number of aromatic nitrogens is 1. The molecule has 0 fully saturated rings. The van der Waals surface area contributed by atoms with Crippen LogP contribution < -0.4 is 0 Å². The minimum Gasteiger partial charge on any atom is -0.242 e. The Morgan fingerprint density at radius 1 is 1.07 bits per heavy atom. The van der Waals surface area contributed by atoms with Crippen LogP contribution in [0.15, 0.2) is 17.5 Å². The Labute approximate surface area is 94.2 Å². The minimum absolute atomic E-state index is 1.18. The van der Waals surface area contributed by atoms with Crippen LogP contribution >= 0.6 is 11.3 Å². The highest BCUT2D eigenvalue weighted by molar-refractivity contribution is 7.16. The second-order valence-electron chi connectivity index (χ2n) is 4.32. The smallest absolute Gasteiger partial charge is 0.123 e. The number of fused-ring (bicyclic) bond motifs is 2. The predicted molar refractivity (Wildman–Crippen MR) is 65.5 cm³/mol. The summed E-state index contributed by atoms with van der Waals surface area (Å²) < 4.78 is 0. The van der Waals surface area contributed by atoms with Gasteiger partial charge in [-0.15, -0.1) is 11.3 Å². The second kappa shape index (κ2) is 3.93. The first-order chi connectivity index (χ1) is 7.43. The van der Waals surface area contributed by atoms with Gasteiger partial charge in [0.05, 0.1) is 0 Å². The molecule has 1 aliphatic rings. The summed E-state index contributed by atoms with van der Waals surface area (Å²) in [6.07, 6.45) is 7.84. The molecule has 0 radical (unpaired) electrons. The average molecular weight is 217 g/mol. The summed E-state index contributed by atoms with van der Waals surface area (Å²) in [6, 6.07) is 4.55. The van der Waals surface area contributed by atoms with E-state index in [9.17, 15) is 0 Å². The van der Waals surface area contributed by atoms with E-state index in [1.807, 2.05) is 0 Å². The Morgan fingerprint density at radius 2 is 1.93 bits per heavy atom. The Kier molecular flexibility index (Phi) is 2.45. The van der Waals surface area contributed by atoms with Crippen molar-refractivity contribution < 1.29 is 0 Å². The quantitative estimate of drug-likeness (QED) is 0.651. The van der Waals surface area contributed by atoms with E-state index >= 15 is 0 Å². The zero-order valence-electron chi connectivity index (χ0n) is 8.83. The topological polar surface area (TPSA) is 12.9 Å². The number of hydrogen-bond acceptors (Lipinski definition) is 2. The van der Waals surface area contributed by atoms with Crippen LogP contribution in [0.25, 0.3) is 10.2 Å². The van der Waals surface area contributed by atoms with Gasteiger partial charge in [0, 0.05) is 11.1 Å². The first-order valence-corrected chi connectivity index (χ1v) is 6.67. The lowest BCUT2D eigenvalue weighted by atomic mass is 9.97. The fourth-order valence-electron chi connectivity index (χ4n) is 2.37. The molecule has 2 aromatic rings. The van der Waals surface area contributed by atoms with E-state index < -0.39 is 0 Å². The molecule has 0 bridgehead atoms. The number of hydrogen-bond donors (Lipinski definition) is 0. The molecular formula is C13H15NS. The molecule has 0 N–H and O–H groups in total. The van der Waals surface area contributed by atoms with Crippen LogP contribution in [-0.2, 0) is 12.8 Å². The molecule has 0 amide bonds. The summed E-state index contributed by atoms with van der Waals surface area (Å²) in [5.41, 5.74) is 2.87. The summed E-state index contributed by atoms with van der Waals surface area (Å²) >= 11 is 1.76. The van der Waals surface area contributed by atoms with E-state index in [-0.39, 0.29) is 0 Å². The van der Waals surface area contributed by atoms with Crippen molar-refractivity contribution >= 4 is 21.6 Å². The Balaban J connectivity index is 2.10. The molecule has 15 heavy (non-hydrogen) atoms. The molecule has 0 saturated heterocycles. The number of rotatable bonds is 0. The van der Waals surface area contributed by atoms with Crippen molar-refractivity contribution in [1.82, 2.24) is 4.98 Å². The van der Waals surface area contributed by atoms with E-state index in [0.717, 1.165) is 0 Å². The molecule has 0 aromatic carbocycles. The number of pyridine rings is 1. The molecule has 2 aromatic heterocycles. The van der Waals surface area contributed by atoms with Gasteiger partial charge in [-0.05, 0) is 48.8 Å². The van der Waals surface area contributed by atoms with Crippen LogP contribution in [0.5, 0.6) is 0 Å². The molecule has 1 nitrogen and oxygen atoms in total. The van der Waals surface area contributed by atoms with Crippen LogP contribution in [0.1, 0.15) is 36.9 Å². The summed E-state index contributed by atoms with van der Waals surface area (Å²) in [6.45, 7) is 0. The highest BCUT2D eigenvalue weighted by Gasteiger charge is 2.10. The van der Waals surface area contributed by atoms with Gasteiger partial charge < -0.3 is 0 Å². The van der Waals surface area contributed by atoms with Crippen LogP contribution in [0.2, 0.25) is 0 Å². The predicted octanol–water partition coefficient (Wildman–Crippen LogP) is 3.96. The second-order valence-corrected chi connectivity index (χ2v) is 5.22. The Hall–Kier alpha value is -0.890. The molecule has 0 aliphatic heterocycles. The maximum Gasteiger partial charge on any atom is 0.123 e. The Morgan fingerprint density at radius 3 is 2.87 bits per heavy atom. The van der Waals surface area contributed by atoms with Gasteiger partial charge in [0.15, 0.2) is 0 Å². The zero-order valence-corrected chi connectivity index (χ0v) is 9.65. The van der Waals surface area contributed by atoms with E-state index in [2.05, 4.69) is 17.5 Å². The van der Waals surface area contributed by atoms with Gasteiger partial charge in [0.2, 0.25) is 0 Å². The number of aryl methyl sites for hydroxylation is 2. The SMILES string of the molecule is c1cc2cc3c(nc2s1)CCCCCC3. The molecule has 1 aliphatic carbocycles. The molecular weight excluding hydrogens is 202 g/mol. The molecule has 0 atom stereocenters. The van der Waals surface area contributed by atoms with Crippen molar-refractivity contribution in [2.75, 3.05) is 0 Å². The monoisotopic (exact) mass is 217 g/mol. The molecule has 2 heterocycles. The van der Waals surface area contributed by atoms with Gasteiger partial charge in [-0.2, -0.15) is 0 Å². The van der Waals surface area contributed by atoms with Crippen molar-refractivity contribution in [1.29, 1.82) is 0 Å². The fourth-order valence-corrected chi connectivity index (χ4v) is 3.14. The molecule has 2 heteroatoms. The lowest BCUT2D eigenvalue weighted by Crippen LogP contribution is -2.01. The van der Waals surface area contributed by atoms with E-state index in [1.54, 1.807) is 11.3 Å². The van der Waals surface area contributed by atoms with Gasteiger partial charge in [-0.25, -0.2) is 4.98 Å². The van der Waals surface area contributed by atoms with Gasteiger partial charge in [-0.1, -0.05) is 12.8 Å². The minimum atomic E-state index is 1.18. The summed E-state index contributed by atoms with van der Waals surface area (Å²) in [5, 5.41) is 3.48. The lowest BCUT2D eigenvalue weighted by molar-refractivity contribution is 0.610. The molecule has 78 valence electrons. The largest absolute Gasteiger partial charge is 0.242 e. The zero-order chi connectivity index (χ0) is 10.1. The summed E-state index contributed by atoms with van der Waals surface area (Å²) in [5.74, 6) is 0. The maximum atomic E-state index is 4.80. The number of thiophene rings is 1. The lowest BCUT2D eigenvalue weighted by Gasteiger charge is -2.12. The standard InChI is InChI=1S/C13H15NS/c1-2-4-6-12-10(5-3-1)9-11-7-8-15-13(11)14-12/h7-9H,1-6H2. The van der Waals surface area contributed by atoms with Crippen LogP contribution in [0, 0.1) is 0 Å². The number of nitrogens with zero attached hydrogens (tertiary/aromatic N) is 1. The van der Waals surface area contributed by atoms with Gasteiger partial charge in [0.1, 0.15) is 4.83 Å². The molecule has 0 saturated carbocycles. The van der Waals surface area contributed by atoms with Crippen LogP contribution in [0.4, 0.5) is 0 Å². The highest BCUT2D eigenvalue weighted by Crippen LogP contribution is 2.25. The van der Waals surface area contributed by atoms with Crippen molar-refractivity contribution in [2.24, 2.45) is 0 Å².